The van der Waals surface area contributed by atoms with Gasteiger partial charge in [0.25, 0.3) is 0 Å². The summed E-state index contributed by atoms with van der Waals surface area (Å²) in [4.78, 5) is 13.8. The minimum Gasteiger partial charge on any atom is -0.399 e. The highest BCUT2D eigenvalue weighted by Gasteiger charge is 2.12. The number of likely N-dealkylation sites (N-methyl/N-ethyl adjacent to an activating group) is 1. The lowest BCUT2D eigenvalue weighted by atomic mass is 10.1. The Hall–Kier alpha value is -1.55. The maximum Gasteiger partial charge on any atom is 0.234 e. The molecule has 0 aromatic heterocycles. The van der Waals surface area contributed by atoms with Gasteiger partial charge in [-0.2, -0.15) is 0 Å². The fourth-order valence-corrected chi connectivity index (χ4v) is 1.77. The van der Waals surface area contributed by atoms with Crippen LogP contribution in [0.1, 0.15) is 26.3 Å². The number of nitrogens with one attached hydrogen (secondary N) is 1. The summed E-state index contributed by atoms with van der Waals surface area (Å²) in [6.45, 7) is 7.34. The zero-order valence-corrected chi connectivity index (χ0v) is 12.3. The van der Waals surface area contributed by atoms with Crippen molar-refractivity contribution in [2.24, 2.45) is 5.92 Å². The number of nitrogens with zero attached hydrogens (tertiary/aromatic N) is 1. The molecule has 0 heterocycles. The van der Waals surface area contributed by atoms with Crippen LogP contribution in [0.5, 0.6) is 0 Å². The Morgan fingerprint density at radius 1 is 1.37 bits per heavy atom. The molecule has 1 atom stereocenters. The van der Waals surface area contributed by atoms with Gasteiger partial charge in [0.05, 0.1) is 6.54 Å². The van der Waals surface area contributed by atoms with Crippen molar-refractivity contribution in [3.63, 3.8) is 0 Å². The summed E-state index contributed by atoms with van der Waals surface area (Å²) in [6.07, 6.45) is 0. The number of rotatable bonds is 6. The molecule has 0 saturated carbocycles. The van der Waals surface area contributed by atoms with Gasteiger partial charge in [0.1, 0.15) is 0 Å². The van der Waals surface area contributed by atoms with Crippen molar-refractivity contribution < 1.29 is 4.79 Å². The molecule has 0 bridgehead atoms. The van der Waals surface area contributed by atoms with E-state index in [1.165, 1.54) is 0 Å². The highest BCUT2D eigenvalue weighted by Crippen LogP contribution is 2.08. The van der Waals surface area contributed by atoms with Crippen LogP contribution in [0.25, 0.3) is 0 Å². The third kappa shape index (κ3) is 5.75. The molecule has 1 unspecified atom stereocenters. The Kier molecular flexibility index (Phi) is 5.83. The normalized spacial score (nSPS) is 12.7. The van der Waals surface area contributed by atoms with Crippen LogP contribution in [0.3, 0.4) is 0 Å². The first kappa shape index (κ1) is 15.5. The molecule has 19 heavy (non-hydrogen) atoms. The van der Waals surface area contributed by atoms with Crippen molar-refractivity contribution in [3.8, 4) is 0 Å². The van der Waals surface area contributed by atoms with Gasteiger partial charge in [-0.1, -0.05) is 26.0 Å². The average molecular weight is 263 g/mol. The fraction of sp³-hybridized carbons (Fsp3) is 0.533. The SMILES string of the molecule is CC(C)C(C)NC(=O)CN(C)Cc1cccc(N)c1. The molecular weight excluding hydrogens is 238 g/mol. The quantitative estimate of drug-likeness (QED) is 0.770. The van der Waals surface area contributed by atoms with Gasteiger partial charge in [-0.3, -0.25) is 9.69 Å². The third-order valence-electron chi connectivity index (χ3n) is 3.21. The fourth-order valence-electron chi connectivity index (χ4n) is 1.77. The number of nitrogens with two attached hydrogens (primary N) is 1. The third-order valence-corrected chi connectivity index (χ3v) is 3.21. The van der Waals surface area contributed by atoms with Crippen LogP contribution in [-0.2, 0) is 11.3 Å². The van der Waals surface area contributed by atoms with Crippen LogP contribution in [0.4, 0.5) is 5.69 Å². The number of amides is 1. The Morgan fingerprint density at radius 2 is 2.05 bits per heavy atom. The van der Waals surface area contributed by atoms with Crippen LogP contribution in [0.15, 0.2) is 24.3 Å². The highest BCUT2D eigenvalue weighted by molar-refractivity contribution is 5.78. The second-order valence-electron chi connectivity index (χ2n) is 5.52. The molecule has 3 N–H and O–H groups in total. The molecule has 0 aliphatic heterocycles. The first-order chi connectivity index (χ1) is 8.88. The van der Waals surface area contributed by atoms with E-state index in [-0.39, 0.29) is 11.9 Å². The predicted molar refractivity (Wildman–Crippen MR) is 79.6 cm³/mol. The molecule has 1 aromatic rings. The monoisotopic (exact) mass is 263 g/mol. The van der Waals surface area contributed by atoms with Gasteiger partial charge in [0.15, 0.2) is 0 Å². The minimum absolute atomic E-state index is 0.0626. The molecule has 0 aliphatic rings. The van der Waals surface area contributed by atoms with Crippen molar-refractivity contribution >= 4 is 11.6 Å². The first-order valence-corrected chi connectivity index (χ1v) is 6.71. The summed E-state index contributed by atoms with van der Waals surface area (Å²) in [6, 6.07) is 7.94. The van der Waals surface area contributed by atoms with Crippen molar-refractivity contribution in [3.05, 3.63) is 29.8 Å². The van der Waals surface area contributed by atoms with E-state index in [9.17, 15) is 4.79 Å². The zero-order chi connectivity index (χ0) is 14.4. The van der Waals surface area contributed by atoms with Gasteiger partial charge in [-0.25, -0.2) is 0 Å². The highest BCUT2D eigenvalue weighted by atomic mass is 16.2. The van der Waals surface area contributed by atoms with E-state index in [1.54, 1.807) is 0 Å². The van der Waals surface area contributed by atoms with Crippen LogP contribution in [0.2, 0.25) is 0 Å². The Morgan fingerprint density at radius 3 is 2.63 bits per heavy atom. The van der Waals surface area contributed by atoms with Gasteiger partial charge in [0, 0.05) is 18.3 Å². The lowest BCUT2D eigenvalue weighted by Crippen LogP contribution is -2.41. The van der Waals surface area contributed by atoms with Gasteiger partial charge in [-0.05, 0) is 37.6 Å². The molecule has 0 radical (unpaired) electrons. The Labute approximate surface area is 116 Å². The molecule has 0 spiro atoms. The van der Waals surface area contributed by atoms with E-state index in [4.69, 9.17) is 5.73 Å². The number of anilines is 1. The topological polar surface area (TPSA) is 58.4 Å². The number of carbonyl (C=O) groups excluding carboxylic acids is 1. The van der Waals surface area contributed by atoms with Crippen molar-refractivity contribution in [1.29, 1.82) is 0 Å². The van der Waals surface area contributed by atoms with E-state index >= 15 is 0 Å². The average Bonchev–Trinajstić information content (AvgIpc) is 2.27. The second-order valence-corrected chi connectivity index (χ2v) is 5.52. The smallest absolute Gasteiger partial charge is 0.234 e. The molecule has 106 valence electrons. The molecule has 0 fully saturated rings. The molecular formula is C15H25N3O. The van der Waals surface area contributed by atoms with E-state index in [2.05, 4.69) is 19.2 Å². The predicted octanol–water partition coefficient (Wildman–Crippen LogP) is 1.86. The number of benzene rings is 1. The Bertz CT molecular complexity index is 418. The van der Waals surface area contributed by atoms with Crippen LogP contribution >= 0.6 is 0 Å². The van der Waals surface area contributed by atoms with E-state index in [0.29, 0.717) is 19.0 Å². The summed E-state index contributed by atoms with van der Waals surface area (Å²) < 4.78 is 0. The van der Waals surface area contributed by atoms with Crippen LogP contribution in [0, 0.1) is 5.92 Å². The second kappa shape index (κ2) is 7.14. The van der Waals surface area contributed by atoms with Gasteiger partial charge in [-0.15, -0.1) is 0 Å². The minimum atomic E-state index is 0.0626. The Balaban J connectivity index is 2.42. The lowest BCUT2D eigenvalue weighted by Gasteiger charge is -2.21. The molecule has 1 amide bonds. The standard InChI is InChI=1S/C15H25N3O/c1-11(2)12(3)17-15(19)10-18(4)9-13-6-5-7-14(16)8-13/h5-8,11-12H,9-10,16H2,1-4H3,(H,17,19). The van der Waals surface area contributed by atoms with Crippen molar-refractivity contribution in [2.45, 2.75) is 33.4 Å². The molecule has 1 rings (SSSR count). The van der Waals surface area contributed by atoms with E-state index in [1.807, 2.05) is 43.1 Å². The summed E-state index contributed by atoms with van der Waals surface area (Å²) in [5.41, 5.74) is 7.61. The number of nitrogen functional groups attached to an aromatic ring is 1. The molecule has 0 aliphatic carbocycles. The van der Waals surface area contributed by atoms with Crippen LogP contribution in [-0.4, -0.2) is 30.4 Å². The van der Waals surface area contributed by atoms with Crippen molar-refractivity contribution in [1.82, 2.24) is 10.2 Å². The van der Waals surface area contributed by atoms with Crippen LogP contribution < -0.4 is 11.1 Å². The van der Waals surface area contributed by atoms with E-state index in [0.717, 1.165) is 11.3 Å². The molecule has 1 aromatic carbocycles. The maximum absolute atomic E-state index is 11.8. The summed E-state index contributed by atoms with van der Waals surface area (Å²) >= 11 is 0. The zero-order valence-electron chi connectivity index (χ0n) is 12.3. The van der Waals surface area contributed by atoms with Crippen molar-refractivity contribution in [2.75, 3.05) is 19.3 Å². The number of hydrogen-bond donors (Lipinski definition) is 2. The molecule has 0 saturated heterocycles. The summed E-state index contributed by atoms with van der Waals surface area (Å²) in [7, 11) is 1.93. The van der Waals surface area contributed by atoms with E-state index < -0.39 is 0 Å². The van der Waals surface area contributed by atoms with Gasteiger partial charge >= 0.3 is 0 Å². The summed E-state index contributed by atoms with van der Waals surface area (Å²) in [5, 5.41) is 3.00. The number of carbonyl (C=O) groups is 1. The molecule has 4 nitrogen and oxygen atoms in total. The molecule has 4 heteroatoms. The first-order valence-electron chi connectivity index (χ1n) is 6.71. The largest absolute Gasteiger partial charge is 0.399 e. The number of hydrogen-bond acceptors (Lipinski definition) is 3. The summed E-state index contributed by atoms with van der Waals surface area (Å²) in [5.74, 6) is 0.510. The van der Waals surface area contributed by atoms with Gasteiger partial charge < -0.3 is 11.1 Å². The lowest BCUT2D eigenvalue weighted by molar-refractivity contribution is -0.122. The van der Waals surface area contributed by atoms with Gasteiger partial charge in [0.2, 0.25) is 5.91 Å². The maximum atomic E-state index is 11.8.